The monoisotopic (exact) mass is 303 g/mol. The highest BCUT2D eigenvalue weighted by atomic mass is 32.2. The summed E-state index contributed by atoms with van der Waals surface area (Å²) >= 11 is 1.86. The van der Waals surface area contributed by atoms with Gasteiger partial charge < -0.3 is 15.7 Å². The summed E-state index contributed by atoms with van der Waals surface area (Å²) in [7, 11) is 0. The lowest BCUT2D eigenvalue weighted by molar-refractivity contribution is 0.0306. The summed E-state index contributed by atoms with van der Waals surface area (Å²) in [5.74, 6) is 1.97. The van der Waals surface area contributed by atoms with Gasteiger partial charge in [0.2, 0.25) is 0 Å². The number of hydrogen-bond donors (Lipinski definition) is 3. The third-order valence-electron chi connectivity index (χ3n) is 3.12. The van der Waals surface area contributed by atoms with Gasteiger partial charge in [0, 0.05) is 13.1 Å². The maximum absolute atomic E-state index is 10.6. The van der Waals surface area contributed by atoms with Crippen LogP contribution in [-0.4, -0.2) is 48.3 Å². The molecule has 0 heterocycles. The molecule has 0 aromatic rings. The molecule has 4 nitrogen and oxygen atoms in total. The molecule has 0 fully saturated rings. The molecule has 5 heteroatoms. The fourth-order valence-electron chi connectivity index (χ4n) is 2.21. The number of rotatable bonds is 11. The minimum Gasteiger partial charge on any atom is -0.388 e. The van der Waals surface area contributed by atoms with E-state index in [0.29, 0.717) is 6.54 Å². The lowest BCUT2D eigenvalue weighted by Gasteiger charge is -2.26. The molecular formula is C15H33N3OS. The van der Waals surface area contributed by atoms with Crippen molar-refractivity contribution in [3.8, 4) is 0 Å². The Morgan fingerprint density at radius 3 is 2.30 bits per heavy atom. The minimum atomic E-state index is -0.648. The van der Waals surface area contributed by atoms with Crippen LogP contribution in [0.1, 0.15) is 52.9 Å². The van der Waals surface area contributed by atoms with Crippen molar-refractivity contribution in [2.45, 2.75) is 58.5 Å². The summed E-state index contributed by atoms with van der Waals surface area (Å²) < 4.78 is 0. The summed E-state index contributed by atoms with van der Waals surface area (Å²) in [5, 5.41) is 17.1. The zero-order chi connectivity index (χ0) is 15.3. The minimum absolute atomic E-state index is 0.479. The summed E-state index contributed by atoms with van der Waals surface area (Å²) in [6, 6.07) is 0. The van der Waals surface area contributed by atoms with Gasteiger partial charge in [0.15, 0.2) is 5.96 Å². The predicted molar refractivity (Wildman–Crippen MR) is 91.7 cm³/mol. The van der Waals surface area contributed by atoms with Crippen molar-refractivity contribution in [3.05, 3.63) is 0 Å². The smallest absolute Gasteiger partial charge is 0.191 e. The Kier molecular flexibility index (Phi) is 12.1. The standard InChI is InChI=1S/C15H33N3OS/c1-5-9-15(19,10-6-2)13-18-14(16-7-3)17-11-8-12-20-4/h19H,5-13H2,1-4H3,(H2,16,17,18). The first-order chi connectivity index (χ1) is 9.61. The van der Waals surface area contributed by atoms with Gasteiger partial charge in [-0.2, -0.15) is 11.8 Å². The molecule has 0 saturated heterocycles. The molecule has 0 aromatic heterocycles. The van der Waals surface area contributed by atoms with E-state index in [1.54, 1.807) is 0 Å². The predicted octanol–water partition coefficient (Wildman–Crippen LogP) is 2.63. The van der Waals surface area contributed by atoms with Gasteiger partial charge in [-0.15, -0.1) is 0 Å². The Labute approximate surface area is 129 Å². The highest BCUT2D eigenvalue weighted by molar-refractivity contribution is 7.98. The van der Waals surface area contributed by atoms with Crippen molar-refractivity contribution in [1.82, 2.24) is 10.6 Å². The van der Waals surface area contributed by atoms with Crippen LogP contribution in [0.5, 0.6) is 0 Å². The van der Waals surface area contributed by atoms with Gasteiger partial charge in [-0.25, -0.2) is 0 Å². The number of aliphatic imine (C=N–C) groups is 1. The Morgan fingerprint density at radius 2 is 1.80 bits per heavy atom. The molecule has 0 amide bonds. The fraction of sp³-hybridized carbons (Fsp3) is 0.933. The maximum Gasteiger partial charge on any atom is 0.191 e. The lowest BCUT2D eigenvalue weighted by atomic mass is 9.93. The second kappa shape index (κ2) is 12.3. The van der Waals surface area contributed by atoms with Crippen LogP contribution < -0.4 is 10.6 Å². The van der Waals surface area contributed by atoms with Crippen LogP contribution in [0.25, 0.3) is 0 Å². The lowest BCUT2D eigenvalue weighted by Crippen LogP contribution is -2.40. The maximum atomic E-state index is 10.6. The Morgan fingerprint density at radius 1 is 1.15 bits per heavy atom. The molecule has 0 aliphatic heterocycles. The largest absolute Gasteiger partial charge is 0.388 e. The Bertz CT molecular complexity index is 254. The van der Waals surface area contributed by atoms with Crippen molar-refractivity contribution < 1.29 is 5.11 Å². The van der Waals surface area contributed by atoms with Crippen LogP contribution in [0.2, 0.25) is 0 Å². The number of thioether (sulfide) groups is 1. The third kappa shape index (κ3) is 9.48. The average molecular weight is 304 g/mol. The van der Waals surface area contributed by atoms with E-state index in [0.717, 1.165) is 56.9 Å². The molecule has 0 rings (SSSR count). The first-order valence-corrected chi connectivity index (χ1v) is 9.24. The van der Waals surface area contributed by atoms with Crippen LogP contribution >= 0.6 is 11.8 Å². The third-order valence-corrected chi connectivity index (χ3v) is 3.82. The van der Waals surface area contributed by atoms with Crippen molar-refractivity contribution in [2.24, 2.45) is 4.99 Å². The molecule has 0 radical (unpaired) electrons. The first-order valence-electron chi connectivity index (χ1n) is 7.85. The molecule has 120 valence electrons. The van der Waals surface area contributed by atoms with Crippen LogP contribution in [0.4, 0.5) is 0 Å². The van der Waals surface area contributed by atoms with E-state index in [2.05, 4.69) is 42.7 Å². The molecule has 0 aliphatic carbocycles. The van der Waals surface area contributed by atoms with Gasteiger partial charge in [0.1, 0.15) is 0 Å². The topological polar surface area (TPSA) is 56.7 Å². The van der Waals surface area contributed by atoms with Gasteiger partial charge in [-0.1, -0.05) is 26.7 Å². The molecule has 20 heavy (non-hydrogen) atoms. The zero-order valence-corrected chi connectivity index (χ0v) is 14.5. The van der Waals surface area contributed by atoms with Crippen molar-refractivity contribution in [3.63, 3.8) is 0 Å². The van der Waals surface area contributed by atoms with Gasteiger partial charge in [-0.3, -0.25) is 4.99 Å². The number of hydrogen-bond acceptors (Lipinski definition) is 3. The summed E-state index contributed by atoms with van der Waals surface area (Å²) in [6.07, 6.45) is 6.86. The van der Waals surface area contributed by atoms with Crippen molar-refractivity contribution in [1.29, 1.82) is 0 Å². The van der Waals surface area contributed by atoms with Gasteiger partial charge in [0.25, 0.3) is 0 Å². The fourth-order valence-corrected chi connectivity index (χ4v) is 2.64. The summed E-state index contributed by atoms with van der Waals surface area (Å²) in [6.45, 7) is 8.52. The van der Waals surface area contributed by atoms with Crippen LogP contribution in [0.3, 0.4) is 0 Å². The molecule has 0 saturated carbocycles. The van der Waals surface area contributed by atoms with Gasteiger partial charge in [0.05, 0.1) is 12.1 Å². The Hall–Kier alpha value is -0.420. The molecule has 0 aromatic carbocycles. The van der Waals surface area contributed by atoms with Crippen molar-refractivity contribution in [2.75, 3.05) is 31.6 Å². The van der Waals surface area contributed by atoms with Crippen molar-refractivity contribution >= 4 is 17.7 Å². The molecule has 0 unspecified atom stereocenters. The molecule has 0 atom stereocenters. The normalized spacial score (nSPS) is 12.6. The highest BCUT2D eigenvalue weighted by Gasteiger charge is 2.24. The number of nitrogens with one attached hydrogen (secondary N) is 2. The first kappa shape index (κ1) is 19.6. The zero-order valence-electron chi connectivity index (χ0n) is 13.7. The SMILES string of the molecule is CCCC(O)(CCC)CN=C(NCC)NCCCSC. The highest BCUT2D eigenvalue weighted by Crippen LogP contribution is 2.19. The summed E-state index contributed by atoms with van der Waals surface area (Å²) in [4.78, 5) is 4.56. The van der Waals surface area contributed by atoms with Gasteiger partial charge >= 0.3 is 0 Å². The second-order valence-electron chi connectivity index (χ2n) is 5.19. The van der Waals surface area contributed by atoms with E-state index in [4.69, 9.17) is 0 Å². The summed E-state index contributed by atoms with van der Waals surface area (Å²) in [5.41, 5.74) is -0.648. The van der Waals surface area contributed by atoms with Crippen LogP contribution in [0, 0.1) is 0 Å². The van der Waals surface area contributed by atoms with Crippen LogP contribution in [0.15, 0.2) is 4.99 Å². The van der Waals surface area contributed by atoms with E-state index in [-0.39, 0.29) is 0 Å². The van der Waals surface area contributed by atoms with Gasteiger partial charge in [-0.05, 0) is 38.2 Å². The second-order valence-corrected chi connectivity index (χ2v) is 6.18. The van der Waals surface area contributed by atoms with E-state index in [1.807, 2.05) is 11.8 Å². The van der Waals surface area contributed by atoms with E-state index >= 15 is 0 Å². The van der Waals surface area contributed by atoms with E-state index < -0.39 is 5.60 Å². The average Bonchev–Trinajstić information content (AvgIpc) is 2.41. The number of aliphatic hydroxyl groups is 1. The van der Waals surface area contributed by atoms with Crippen LogP contribution in [-0.2, 0) is 0 Å². The molecule has 3 N–H and O–H groups in total. The number of nitrogens with zero attached hydrogens (tertiary/aromatic N) is 1. The molecular weight excluding hydrogens is 270 g/mol. The number of guanidine groups is 1. The van der Waals surface area contributed by atoms with E-state index in [1.165, 1.54) is 0 Å². The molecule has 0 aliphatic rings. The molecule has 0 bridgehead atoms. The van der Waals surface area contributed by atoms with E-state index in [9.17, 15) is 5.11 Å². The molecule has 0 spiro atoms. The quantitative estimate of drug-likeness (QED) is 0.312. The Balaban J connectivity index is 4.40.